The maximum absolute atomic E-state index is 12.7. The van der Waals surface area contributed by atoms with Crippen LogP contribution < -0.4 is 5.32 Å². The van der Waals surface area contributed by atoms with E-state index in [1.54, 1.807) is 0 Å². The van der Waals surface area contributed by atoms with Gasteiger partial charge in [0.05, 0.1) is 6.54 Å². The Balaban J connectivity index is 2.54. The van der Waals surface area contributed by atoms with E-state index in [4.69, 9.17) is 5.11 Å². The van der Waals surface area contributed by atoms with Crippen LogP contribution >= 0.6 is 0 Å². The molecule has 2 amide bonds. The number of carbonyl (C=O) groups is 2. The molecule has 7 heteroatoms. The molecule has 0 spiro atoms. The number of hydrogen-bond acceptors (Lipinski definition) is 4. The highest BCUT2D eigenvalue weighted by molar-refractivity contribution is 5.74. The molecule has 1 fully saturated rings. The van der Waals surface area contributed by atoms with Gasteiger partial charge in [0.25, 0.3) is 0 Å². The molecular weight excluding hydrogens is 344 g/mol. The number of rotatable bonds is 10. The molecular formula is C20H40N4O3. The minimum atomic E-state index is -0.802. The molecule has 1 aliphatic rings. The summed E-state index contributed by atoms with van der Waals surface area (Å²) in [6.07, 6.45) is 3.74. The number of carboxylic acids is 1. The standard InChI is InChI=1S/C20H40N4O3/c1-6-23(7-2)18(13-16(3)4)14-21-20(27)24-11-8-9-17(10-12-24)22(5)15-19(25)26/h16-18H,6-15H2,1-5H3,(H,21,27)(H,25,26). The van der Waals surface area contributed by atoms with Gasteiger partial charge in [-0.3, -0.25) is 14.6 Å². The number of nitrogens with zero attached hydrogens (tertiary/aromatic N) is 3. The van der Waals surface area contributed by atoms with Crippen LogP contribution in [0.25, 0.3) is 0 Å². The minimum Gasteiger partial charge on any atom is -0.480 e. The maximum Gasteiger partial charge on any atom is 0.317 e. The molecule has 2 atom stereocenters. The first kappa shape index (κ1) is 23.7. The summed E-state index contributed by atoms with van der Waals surface area (Å²) in [5.41, 5.74) is 0. The first-order chi connectivity index (χ1) is 12.8. The Hall–Kier alpha value is -1.34. The predicted octanol–water partition coefficient (Wildman–Crippen LogP) is 2.32. The minimum absolute atomic E-state index is 0.0115. The van der Waals surface area contributed by atoms with Crippen molar-refractivity contribution in [2.45, 2.75) is 65.5 Å². The molecule has 2 N–H and O–H groups in total. The van der Waals surface area contributed by atoms with Crippen molar-refractivity contribution in [2.75, 3.05) is 46.3 Å². The molecule has 1 rings (SSSR count). The second kappa shape index (κ2) is 12.2. The van der Waals surface area contributed by atoms with Crippen molar-refractivity contribution < 1.29 is 14.7 Å². The summed E-state index contributed by atoms with van der Waals surface area (Å²) >= 11 is 0. The van der Waals surface area contributed by atoms with Gasteiger partial charge in [0.2, 0.25) is 0 Å². The highest BCUT2D eigenvalue weighted by atomic mass is 16.4. The molecule has 0 aromatic heterocycles. The van der Waals surface area contributed by atoms with Crippen molar-refractivity contribution in [2.24, 2.45) is 5.92 Å². The van der Waals surface area contributed by atoms with E-state index in [0.717, 1.165) is 45.3 Å². The van der Waals surface area contributed by atoms with Gasteiger partial charge >= 0.3 is 12.0 Å². The van der Waals surface area contributed by atoms with Gasteiger partial charge < -0.3 is 15.3 Å². The highest BCUT2D eigenvalue weighted by Gasteiger charge is 2.25. The Labute approximate surface area is 165 Å². The smallest absolute Gasteiger partial charge is 0.317 e. The number of hydrogen-bond donors (Lipinski definition) is 2. The quantitative estimate of drug-likeness (QED) is 0.605. The van der Waals surface area contributed by atoms with Gasteiger partial charge in [-0.15, -0.1) is 0 Å². The van der Waals surface area contributed by atoms with Crippen molar-refractivity contribution in [3.05, 3.63) is 0 Å². The highest BCUT2D eigenvalue weighted by Crippen LogP contribution is 2.16. The molecule has 0 aliphatic carbocycles. The van der Waals surface area contributed by atoms with E-state index in [9.17, 15) is 9.59 Å². The van der Waals surface area contributed by atoms with Gasteiger partial charge in [-0.1, -0.05) is 27.7 Å². The molecule has 1 aliphatic heterocycles. The average Bonchev–Trinajstić information content (AvgIpc) is 2.85. The fourth-order valence-electron chi connectivity index (χ4n) is 4.03. The molecule has 0 saturated carbocycles. The summed E-state index contributed by atoms with van der Waals surface area (Å²) in [4.78, 5) is 29.8. The lowest BCUT2D eigenvalue weighted by Crippen LogP contribution is -2.48. The fourth-order valence-corrected chi connectivity index (χ4v) is 4.03. The van der Waals surface area contributed by atoms with Gasteiger partial charge in [-0.2, -0.15) is 0 Å². The molecule has 7 nitrogen and oxygen atoms in total. The first-order valence-electron chi connectivity index (χ1n) is 10.5. The van der Waals surface area contributed by atoms with Crippen molar-refractivity contribution in [3.63, 3.8) is 0 Å². The first-order valence-corrected chi connectivity index (χ1v) is 10.5. The van der Waals surface area contributed by atoms with Crippen LogP contribution in [0.15, 0.2) is 0 Å². The van der Waals surface area contributed by atoms with Crippen molar-refractivity contribution >= 4 is 12.0 Å². The zero-order valence-electron chi connectivity index (χ0n) is 17.9. The van der Waals surface area contributed by atoms with Crippen LogP contribution in [0.1, 0.15) is 53.4 Å². The third-order valence-electron chi connectivity index (χ3n) is 5.55. The van der Waals surface area contributed by atoms with Gasteiger partial charge in [-0.25, -0.2) is 4.79 Å². The summed E-state index contributed by atoms with van der Waals surface area (Å²) < 4.78 is 0. The topological polar surface area (TPSA) is 76.1 Å². The van der Waals surface area contributed by atoms with E-state index < -0.39 is 5.97 Å². The van der Waals surface area contributed by atoms with E-state index in [0.29, 0.717) is 25.0 Å². The lowest BCUT2D eigenvalue weighted by Gasteiger charge is -2.32. The third-order valence-corrected chi connectivity index (χ3v) is 5.55. The number of likely N-dealkylation sites (tertiary alicyclic amines) is 1. The maximum atomic E-state index is 12.7. The number of carbonyl (C=O) groups excluding carboxylic acids is 1. The third kappa shape index (κ3) is 8.47. The molecule has 1 heterocycles. The Bertz CT molecular complexity index is 455. The summed E-state index contributed by atoms with van der Waals surface area (Å²) in [6.45, 7) is 12.9. The largest absolute Gasteiger partial charge is 0.480 e. The van der Waals surface area contributed by atoms with Crippen LogP contribution in [0.3, 0.4) is 0 Å². The molecule has 158 valence electrons. The van der Waals surface area contributed by atoms with Crippen LogP contribution in [0, 0.1) is 5.92 Å². The van der Waals surface area contributed by atoms with Gasteiger partial charge in [0.15, 0.2) is 0 Å². The Kier molecular flexibility index (Phi) is 10.7. The van der Waals surface area contributed by atoms with Crippen LogP contribution in [-0.4, -0.2) is 90.2 Å². The lowest BCUT2D eigenvalue weighted by molar-refractivity contribution is -0.138. The molecule has 0 aromatic carbocycles. The van der Waals surface area contributed by atoms with Crippen LogP contribution in [0.5, 0.6) is 0 Å². The zero-order valence-corrected chi connectivity index (χ0v) is 17.9. The molecule has 0 radical (unpaired) electrons. The van der Waals surface area contributed by atoms with E-state index in [2.05, 4.69) is 37.9 Å². The van der Waals surface area contributed by atoms with Crippen molar-refractivity contribution in [3.8, 4) is 0 Å². The van der Waals surface area contributed by atoms with Crippen molar-refractivity contribution in [1.29, 1.82) is 0 Å². The lowest BCUT2D eigenvalue weighted by atomic mass is 10.0. The van der Waals surface area contributed by atoms with E-state index in [1.165, 1.54) is 0 Å². The normalized spacial score (nSPS) is 19.4. The number of amides is 2. The number of likely N-dealkylation sites (N-methyl/N-ethyl adjacent to an activating group) is 2. The summed E-state index contributed by atoms with van der Waals surface area (Å²) in [6, 6.07) is 0.603. The second-order valence-electron chi connectivity index (χ2n) is 8.07. The number of carboxylic acid groups (broad SMARTS) is 1. The number of urea groups is 1. The zero-order chi connectivity index (χ0) is 20.4. The van der Waals surface area contributed by atoms with E-state index in [1.807, 2.05) is 16.8 Å². The molecule has 2 unspecified atom stereocenters. The van der Waals surface area contributed by atoms with Crippen molar-refractivity contribution in [1.82, 2.24) is 20.0 Å². The molecule has 0 bridgehead atoms. The van der Waals surface area contributed by atoms with Crippen LogP contribution in [-0.2, 0) is 4.79 Å². The SMILES string of the molecule is CCN(CC)C(CNC(=O)N1CCCC(N(C)CC(=O)O)CC1)CC(C)C. The summed E-state index contributed by atoms with van der Waals surface area (Å²) in [7, 11) is 1.86. The monoisotopic (exact) mass is 384 g/mol. The average molecular weight is 385 g/mol. The summed E-state index contributed by atoms with van der Waals surface area (Å²) in [5.74, 6) is -0.208. The van der Waals surface area contributed by atoms with E-state index in [-0.39, 0.29) is 18.6 Å². The van der Waals surface area contributed by atoms with Gasteiger partial charge in [0, 0.05) is 31.7 Å². The van der Waals surface area contributed by atoms with E-state index >= 15 is 0 Å². The second-order valence-corrected chi connectivity index (χ2v) is 8.07. The number of aliphatic carboxylic acids is 1. The predicted molar refractivity (Wildman–Crippen MR) is 109 cm³/mol. The fraction of sp³-hybridized carbons (Fsp3) is 0.900. The summed E-state index contributed by atoms with van der Waals surface area (Å²) in [5, 5.41) is 12.1. The molecule has 27 heavy (non-hydrogen) atoms. The Morgan fingerprint density at radius 1 is 1.19 bits per heavy atom. The number of nitrogens with one attached hydrogen (secondary N) is 1. The molecule has 0 aromatic rings. The molecule has 1 saturated heterocycles. The Morgan fingerprint density at radius 3 is 2.41 bits per heavy atom. The Morgan fingerprint density at radius 2 is 1.85 bits per heavy atom. The van der Waals surface area contributed by atoms with Crippen LogP contribution in [0.2, 0.25) is 0 Å². The van der Waals surface area contributed by atoms with Crippen LogP contribution in [0.4, 0.5) is 4.79 Å². The van der Waals surface area contributed by atoms with Gasteiger partial charge in [-0.05, 0) is 51.7 Å². The van der Waals surface area contributed by atoms with Gasteiger partial charge in [0.1, 0.15) is 0 Å².